The number of hydrogen-bond donors (Lipinski definition) is 1. The van der Waals surface area contributed by atoms with Gasteiger partial charge in [0, 0.05) is 28.4 Å². The third kappa shape index (κ3) is 4.81. The van der Waals surface area contributed by atoms with E-state index in [1.54, 1.807) is 49.4 Å². The molecule has 4 aromatic rings. The number of sulfonamides is 1. The summed E-state index contributed by atoms with van der Waals surface area (Å²) >= 11 is 0. The van der Waals surface area contributed by atoms with Crippen molar-refractivity contribution in [2.75, 3.05) is 10.5 Å². The van der Waals surface area contributed by atoms with Crippen LogP contribution >= 0.6 is 0 Å². The summed E-state index contributed by atoms with van der Waals surface area (Å²) < 4.78 is 34.5. The number of carbonyl (C=O) groups is 1. The van der Waals surface area contributed by atoms with Crippen molar-refractivity contribution in [1.82, 2.24) is 4.57 Å². The second kappa shape index (κ2) is 9.83. The van der Waals surface area contributed by atoms with Crippen LogP contribution in [0, 0.1) is 13.8 Å². The minimum Gasteiger partial charge on any atom is -0.456 e. The fourth-order valence-corrected chi connectivity index (χ4v) is 4.61. The fraction of sp³-hybridized carbons (Fsp3) is 0.143. The zero-order chi connectivity index (χ0) is 26.0. The van der Waals surface area contributed by atoms with Crippen LogP contribution in [0.25, 0.3) is 21.9 Å². The summed E-state index contributed by atoms with van der Waals surface area (Å²) in [5.41, 5.74) is 2.74. The van der Waals surface area contributed by atoms with E-state index < -0.39 is 21.5 Å². The van der Waals surface area contributed by atoms with Gasteiger partial charge in [-0.25, -0.2) is 13.0 Å². The number of carbonyl (C=O) groups excluding carboxylic acids is 1. The van der Waals surface area contributed by atoms with Crippen molar-refractivity contribution < 1.29 is 17.9 Å². The molecule has 0 radical (unpaired) electrons. The highest BCUT2D eigenvalue weighted by atomic mass is 32.2. The molecule has 0 fully saturated rings. The molecule has 184 valence electrons. The SMILES string of the molecule is C=CC(=O)n1cc(-c2cc(NS(=O)(=O)CC)ccc2Oc2c(C)cccc2C)c2ccccc2c1=O. The Morgan fingerprint density at radius 2 is 1.67 bits per heavy atom. The first-order valence-electron chi connectivity index (χ1n) is 11.4. The summed E-state index contributed by atoms with van der Waals surface area (Å²) in [5.74, 6) is 0.436. The molecule has 36 heavy (non-hydrogen) atoms. The van der Waals surface area contributed by atoms with Crippen LogP contribution in [0.1, 0.15) is 22.8 Å². The summed E-state index contributed by atoms with van der Waals surface area (Å²) in [5, 5.41) is 0.931. The van der Waals surface area contributed by atoms with Crippen molar-refractivity contribution in [3.05, 3.63) is 101 Å². The maximum atomic E-state index is 13.0. The van der Waals surface area contributed by atoms with Gasteiger partial charge < -0.3 is 4.74 Å². The third-order valence-electron chi connectivity index (χ3n) is 5.88. The van der Waals surface area contributed by atoms with Gasteiger partial charge in [-0.3, -0.25) is 14.3 Å². The van der Waals surface area contributed by atoms with Gasteiger partial charge in [0.05, 0.1) is 5.75 Å². The number of aryl methyl sites for hydroxylation is 2. The first kappa shape index (κ1) is 24.9. The molecule has 8 heteroatoms. The average Bonchev–Trinajstić information content (AvgIpc) is 2.87. The molecule has 4 rings (SSSR count). The number of benzene rings is 3. The van der Waals surface area contributed by atoms with Crippen LogP contribution in [0.3, 0.4) is 0 Å². The monoisotopic (exact) mass is 502 g/mol. The Morgan fingerprint density at radius 3 is 2.31 bits per heavy atom. The van der Waals surface area contributed by atoms with E-state index >= 15 is 0 Å². The molecule has 0 saturated carbocycles. The Hall–Kier alpha value is -4.17. The molecule has 1 aromatic heterocycles. The van der Waals surface area contributed by atoms with Crippen molar-refractivity contribution in [3.8, 4) is 22.6 Å². The van der Waals surface area contributed by atoms with Crippen LogP contribution < -0.4 is 15.0 Å². The highest BCUT2D eigenvalue weighted by Gasteiger charge is 2.19. The molecule has 0 aliphatic carbocycles. The molecule has 1 N–H and O–H groups in total. The number of pyridine rings is 1. The molecular formula is C28H26N2O5S. The van der Waals surface area contributed by atoms with Gasteiger partial charge in [-0.2, -0.15) is 0 Å². The van der Waals surface area contributed by atoms with Gasteiger partial charge in [-0.05, 0) is 67.6 Å². The van der Waals surface area contributed by atoms with Crippen LogP contribution in [-0.2, 0) is 10.0 Å². The van der Waals surface area contributed by atoms with E-state index in [1.807, 2.05) is 32.0 Å². The van der Waals surface area contributed by atoms with Crippen LogP contribution in [0.2, 0.25) is 0 Å². The van der Waals surface area contributed by atoms with E-state index in [2.05, 4.69) is 11.3 Å². The van der Waals surface area contributed by atoms with Crippen LogP contribution in [0.5, 0.6) is 11.5 Å². The number of hydrogen-bond acceptors (Lipinski definition) is 5. The number of para-hydroxylation sites is 1. The topological polar surface area (TPSA) is 94.5 Å². The summed E-state index contributed by atoms with van der Waals surface area (Å²) in [6.07, 6.45) is 2.51. The highest BCUT2D eigenvalue weighted by molar-refractivity contribution is 7.92. The number of ether oxygens (including phenoxy) is 1. The molecule has 0 aliphatic heterocycles. The molecule has 0 aliphatic rings. The lowest BCUT2D eigenvalue weighted by molar-refractivity contribution is 0.0966. The molecule has 0 amide bonds. The van der Waals surface area contributed by atoms with E-state index in [4.69, 9.17) is 4.74 Å². The predicted molar refractivity (Wildman–Crippen MR) is 144 cm³/mol. The molecule has 1 heterocycles. The van der Waals surface area contributed by atoms with Gasteiger partial charge in [0.2, 0.25) is 10.0 Å². The van der Waals surface area contributed by atoms with E-state index in [1.165, 1.54) is 6.20 Å². The van der Waals surface area contributed by atoms with E-state index in [0.717, 1.165) is 21.8 Å². The zero-order valence-corrected chi connectivity index (χ0v) is 21.1. The number of fused-ring (bicyclic) bond motifs is 1. The number of allylic oxidation sites excluding steroid dienone is 1. The third-order valence-corrected chi connectivity index (χ3v) is 7.19. The largest absolute Gasteiger partial charge is 0.456 e. The predicted octanol–water partition coefficient (Wildman–Crippen LogP) is 5.67. The maximum Gasteiger partial charge on any atom is 0.265 e. The van der Waals surface area contributed by atoms with Crippen LogP contribution in [-0.4, -0.2) is 24.6 Å². The Balaban J connectivity index is 2.04. The second-order valence-corrected chi connectivity index (χ2v) is 10.4. The number of nitrogens with one attached hydrogen (secondary N) is 1. The van der Waals surface area contributed by atoms with Gasteiger partial charge in [-0.15, -0.1) is 0 Å². The molecule has 0 atom stereocenters. The minimum absolute atomic E-state index is 0.0926. The molecule has 7 nitrogen and oxygen atoms in total. The van der Waals surface area contributed by atoms with Gasteiger partial charge in [0.25, 0.3) is 11.5 Å². The Labute approximate surface area is 209 Å². The molecular weight excluding hydrogens is 476 g/mol. The van der Waals surface area contributed by atoms with Crippen LogP contribution in [0.15, 0.2) is 84.3 Å². The van der Waals surface area contributed by atoms with Gasteiger partial charge in [0.1, 0.15) is 11.5 Å². The normalized spacial score (nSPS) is 11.3. The average molecular weight is 503 g/mol. The van der Waals surface area contributed by atoms with Crippen LogP contribution in [0.4, 0.5) is 5.69 Å². The highest BCUT2D eigenvalue weighted by Crippen LogP contribution is 2.40. The Morgan fingerprint density at radius 1 is 1.00 bits per heavy atom. The minimum atomic E-state index is -3.54. The van der Waals surface area contributed by atoms with Crippen molar-refractivity contribution in [1.29, 1.82) is 0 Å². The van der Waals surface area contributed by atoms with E-state index in [0.29, 0.717) is 39.1 Å². The first-order valence-corrected chi connectivity index (χ1v) is 13.0. The second-order valence-electron chi connectivity index (χ2n) is 8.35. The van der Waals surface area contributed by atoms with Gasteiger partial charge in [-0.1, -0.05) is 43.0 Å². The van der Waals surface area contributed by atoms with Crippen molar-refractivity contribution in [2.45, 2.75) is 20.8 Å². The van der Waals surface area contributed by atoms with Crippen molar-refractivity contribution in [2.24, 2.45) is 0 Å². The van der Waals surface area contributed by atoms with E-state index in [-0.39, 0.29) is 5.75 Å². The molecule has 0 unspecified atom stereocenters. The number of aromatic nitrogens is 1. The Bertz CT molecular complexity index is 1650. The number of anilines is 1. The number of rotatable bonds is 7. The van der Waals surface area contributed by atoms with Gasteiger partial charge >= 0.3 is 0 Å². The van der Waals surface area contributed by atoms with Gasteiger partial charge in [0.15, 0.2) is 0 Å². The summed E-state index contributed by atoms with van der Waals surface area (Å²) in [7, 11) is -3.54. The lowest BCUT2D eigenvalue weighted by Crippen LogP contribution is -2.25. The molecule has 0 spiro atoms. The molecule has 0 saturated heterocycles. The summed E-state index contributed by atoms with van der Waals surface area (Å²) in [6, 6.07) is 17.7. The van der Waals surface area contributed by atoms with Crippen molar-refractivity contribution >= 4 is 32.4 Å². The Kier molecular flexibility index (Phi) is 6.81. The smallest absolute Gasteiger partial charge is 0.265 e. The molecule has 0 bridgehead atoms. The fourth-order valence-electron chi connectivity index (χ4n) is 3.98. The van der Waals surface area contributed by atoms with Crippen molar-refractivity contribution in [3.63, 3.8) is 0 Å². The number of nitrogens with zero attached hydrogens (tertiary/aromatic N) is 1. The summed E-state index contributed by atoms with van der Waals surface area (Å²) in [4.78, 5) is 25.6. The first-order chi connectivity index (χ1) is 17.1. The lowest BCUT2D eigenvalue weighted by Gasteiger charge is -2.18. The lowest BCUT2D eigenvalue weighted by atomic mass is 9.99. The summed E-state index contributed by atoms with van der Waals surface area (Å²) in [6.45, 7) is 8.92. The molecule has 3 aromatic carbocycles. The maximum absolute atomic E-state index is 13.0. The quantitative estimate of drug-likeness (QED) is 0.329. The van der Waals surface area contributed by atoms with E-state index in [9.17, 15) is 18.0 Å². The zero-order valence-electron chi connectivity index (χ0n) is 20.2. The standard InChI is InChI=1S/C28H26N2O5S/c1-5-26(31)30-17-24(21-12-7-8-13-22(21)28(30)32)23-16-20(29-36(33,34)6-2)14-15-25(23)35-27-18(3)10-9-11-19(27)4/h5,7-17,29H,1,6H2,2-4H3.